The molecule has 30 heavy (non-hydrogen) atoms. The number of hydrogen-bond acceptors (Lipinski definition) is 5. The SMILES string of the molecule is Cc1nc2ccccn2c1-c1cc([N+](=O)[O-])cc(Nc2ccc(C(F)(F)F)cc2)n1. The van der Waals surface area contributed by atoms with Crippen molar-refractivity contribution in [2.75, 3.05) is 5.32 Å². The second-order valence-corrected chi connectivity index (χ2v) is 6.53. The van der Waals surface area contributed by atoms with Gasteiger partial charge in [0, 0.05) is 18.0 Å². The van der Waals surface area contributed by atoms with E-state index < -0.39 is 16.7 Å². The van der Waals surface area contributed by atoms with Crippen LogP contribution in [0.4, 0.5) is 30.4 Å². The number of hydrogen-bond donors (Lipinski definition) is 1. The van der Waals surface area contributed by atoms with Gasteiger partial charge in [-0.15, -0.1) is 0 Å². The van der Waals surface area contributed by atoms with E-state index in [4.69, 9.17) is 0 Å². The topological polar surface area (TPSA) is 85.4 Å². The smallest absolute Gasteiger partial charge is 0.340 e. The van der Waals surface area contributed by atoms with E-state index in [1.54, 1.807) is 29.7 Å². The minimum absolute atomic E-state index is 0.129. The van der Waals surface area contributed by atoms with Crippen molar-refractivity contribution in [3.8, 4) is 11.4 Å². The van der Waals surface area contributed by atoms with Gasteiger partial charge in [-0.1, -0.05) is 6.07 Å². The highest BCUT2D eigenvalue weighted by Gasteiger charge is 2.30. The number of nitrogens with zero attached hydrogens (tertiary/aromatic N) is 4. The number of nitro groups is 1. The maximum absolute atomic E-state index is 12.7. The summed E-state index contributed by atoms with van der Waals surface area (Å²) in [4.78, 5) is 19.8. The average molecular weight is 413 g/mol. The molecular weight excluding hydrogens is 399 g/mol. The summed E-state index contributed by atoms with van der Waals surface area (Å²) in [7, 11) is 0. The number of imidazole rings is 1. The van der Waals surface area contributed by atoms with Gasteiger partial charge in [0.05, 0.1) is 33.6 Å². The molecule has 0 saturated heterocycles. The molecule has 4 rings (SSSR count). The van der Waals surface area contributed by atoms with Crippen LogP contribution in [-0.4, -0.2) is 19.3 Å². The van der Waals surface area contributed by atoms with Crippen LogP contribution in [0.2, 0.25) is 0 Å². The first-order valence-electron chi connectivity index (χ1n) is 8.77. The molecule has 10 heteroatoms. The second kappa shape index (κ2) is 7.14. The number of rotatable bonds is 4. The summed E-state index contributed by atoms with van der Waals surface area (Å²) in [6, 6.07) is 12.3. The Hall–Kier alpha value is -3.95. The van der Waals surface area contributed by atoms with E-state index in [9.17, 15) is 23.3 Å². The number of alkyl halides is 3. The lowest BCUT2D eigenvalue weighted by Crippen LogP contribution is -2.05. The molecule has 3 heterocycles. The van der Waals surface area contributed by atoms with Gasteiger partial charge in [0.1, 0.15) is 11.5 Å². The quantitative estimate of drug-likeness (QED) is 0.359. The van der Waals surface area contributed by atoms with E-state index in [-0.39, 0.29) is 11.5 Å². The van der Waals surface area contributed by atoms with Crippen molar-refractivity contribution < 1.29 is 18.1 Å². The molecule has 0 aliphatic carbocycles. The number of fused-ring (bicyclic) bond motifs is 1. The molecule has 0 bridgehead atoms. The predicted molar refractivity (Wildman–Crippen MR) is 105 cm³/mol. The van der Waals surface area contributed by atoms with Gasteiger partial charge in [-0.05, 0) is 43.3 Å². The molecule has 0 radical (unpaired) electrons. The van der Waals surface area contributed by atoms with E-state index in [0.29, 0.717) is 28.4 Å². The Morgan fingerprint density at radius 3 is 2.47 bits per heavy atom. The average Bonchev–Trinajstić information content (AvgIpc) is 3.03. The van der Waals surface area contributed by atoms with Gasteiger partial charge in [0.15, 0.2) is 0 Å². The lowest BCUT2D eigenvalue weighted by Gasteiger charge is -2.10. The number of aryl methyl sites for hydroxylation is 1. The first-order valence-corrected chi connectivity index (χ1v) is 8.77. The van der Waals surface area contributed by atoms with Crippen LogP contribution < -0.4 is 5.32 Å². The lowest BCUT2D eigenvalue weighted by molar-refractivity contribution is -0.384. The maximum Gasteiger partial charge on any atom is 0.416 e. The van der Waals surface area contributed by atoms with Gasteiger partial charge in [0.2, 0.25) is 0 Å². The van der Waals surface area contributed by atoms with E-state index in [1.807, 2.05) is 6.07 Å². The minimum Gasteiger partial charge on any atom is -0.340 e. The van der Waals surface area contributed by atoms with Gasteiger partial charge < -0.3 is 5.32 Å². The third-order valence-corrected chi connectivity index (χ3v) is 4.45. The fourth-order valence-electron chi connectivity index (χ4n) is 3.12. The highest BCUT2D eigenvalue weighted by atomic mass is 19.4. The monoisotopic (exact) mass is 413 g/mol. The standard InChI is InChI=1S/C20H14F3N5O2/c1-12-19(27-9-3-2-4-18(27)24-12)16-10-15(28(29)30)11-17(26-16)25-14-7-5-13(6-8-14)20(21,22)23/h2-11H,1H3,(H,25,26). The van der Waals surface area contributed by atoms with Gasteiger partial charge in [0.25, 0.3) is 5.69 Å². The Morgan fingerprint density at radius 2 is 1.80 bits per heavy atom. The predicted octanol–water partition coefficient (Wildman–Crippen LogP) is 5.38. The molecule has 7 nitrogen and oxygen atoms in total. The molecular formula is C20H14F3N5O2. The fourth-order valence-corrected chi connectivity index (χ4v) is 3.12. The summed E-state index contributed by atoms with van der Waals surface area (Å²) in [6.45, 7) is 1.77. The summed E-state index contributed by atoms with van der Waals surface area (Å²) < 4.78 is 40.0. The van der Waals surface area contributed by atoms with Crippen LogP contribution in [-0.2, 0) is 6.18 Å². The van der Waals surface area contributed by atoms with Crippen molar-refractivity contribution in [1.29, 1.82) is 0 Å². The molecule has 1 aromatic carbocycles. The van der Waals surface area contributed by atoms with E-state index in [2.05, 4.69) is 15.3 Å². The number of halogens is 3. The number of nitrogens with one attached hydrogen (secondary N) is 1. The van der Waals surface area contributed by atoms with Gasteiger partial charge in [-0.2, -0.15) is 13.2 Å². The van der Waals surface area contributed by atoms with Crippen molar-refractivity contribution >= 4 is 22.8 Å². The summed E-state index contributed by atoms with van der Waals surface area (Å²) in [6.07, 6.45) is -2.68. The fraction of sp³-hybridized carbons (Fsp3) is 0.100. The minimum atomic E-state index is -4.45. The first kappa shape index (κ1) is 19.4. The maximum atomic E-state index is 12.7. The zero-order chi connectivity index (χ0) is 21.5. The molecule has 0 aliphatic heterocycles. The Kier molecular flexibility index (Phi) is 4.61. The molecule has 3 aromatic heterocycles. The Bertz CT molecular complexity index is 1250. The zero-order valence-corrected chi connectivity index (χ0v) is 15.5. The van der Waals surface area contributed by atoms with Crippen LogP contribution in [0.3, 0.4) is 0 Å². The van der Waals surface area contributed by atoms with Crippen molar-refractivity contribution in [3.05, 3.63) is 82.2 Å². The molecule has 0 amide bonds. The number of pyridine rings is 2. The third-order valence-electron chi connectivity index (χ3n) is 4.45. The normalized spacial score (nSPS) is 11.6. The summed E-state index contributed by atoms with van der Waals surface area (Å²) in [5.74, 6) is 0.129. The molecule has 0 spiro atoms. The van der Waals surface area contributed by atoms with E-state index in [1.165, 1.54) is 24.3 Å². The van der Waals surface area contributed by atoms with Crippen LogP contribution in [0.1, 0.15) is 11.3 Å². The number of benzene rings is 1. The van der Waals surface area contributed by atoms with Crippen LogP contribution in [0, 0.1) is 17.0 Å². The molecule has 4 aromatic rings. The Balaban J connectivity index is 1.77. The van der Waals surface area contributed by atoms with Crippen molar-refractivity contribution in [3.63, 3.8) is 0 Å². The molecule has 0 saturated carbocycles. The Labute approximate surface area is 168 Å². The third kappa shape index (κ3) is 3.66. The van der Waals surface area contributed by atoms with Crippen LogP contribution in [0.5, 0.6) is 0 Å². The van der Waals surface area contributed by atoms with E-state index in [0.717, 1.165) is 12.1 Å². The highest BCUT2D eigenvalue weighted by molar-refractivity contribution is 5.70. The van der Waals surface area contributed by atoms with Gasteiger partial charge in [-0.25, -0.2) is 9.97 Å². The summed E-state index contributed by atoms with van der Waals surface area (Å²) in [5, 5.41) is 14.3. The molecule has 0 unspecified atom stereocenters. The Morgan fingerprint density at radius 1 is 1.07 bits per heavy atom. The van der Waals surface area contributed by atoms with Crippen LogP contribution in [0.15, 0.2) is 60.8 Å². The van der Waals surface area contributed by atoms with E-state index >= 15 is 0 Å². The van der Waals surface area contributed by atoms with Gasteiger partial charge >= 0.3 is 6.18 Å². The van der Waals surface area contributed by atoms with Crippen molar-refractivity contribution in [1.82, 2.24) is 14.4 Å². The molecule has 152 valence electrons. The lowest BCUT2D eigenvalue weighted by atomic mass is 10.2. The van der Waals surface area contributed by atoms with Crippen LogP contribution in [0.25, 0.3) is 17.0 Å². The first-order chi connectivity index (χ1) is 14.2. The molecule has 0 aliphatic rings. The number of anilines is 2. The van der Waals surface area contributed by atoms with Crippen LogP contribution >= 0.6 is 0 Å². The van der Waals surface area contributed by atoms with Gasteiger partial charge in [-0.3, -0.25) is 14.5 Å². The second-order valence-electron chi connectivity index (χ2n) is 6.53. The summed E-state index contributed by atoms with van der Waals surface area (Å²) >= 11 is 0. The van der Waals surface area contributed by atoms with Crippen molar-refractivity contribution in [2.24, 2.45) is 0 Å². The molecule has 1 N–H and O–H groups in total. The number of aromatic nitrogens is 3. The molecule has 0 atom stereocenters. The van der Waals surface area contributed by atoms with Crippen molar-refractivity contribution in [2.45, 2.75) is 13.1 Å². The molecule has 0 fully saturated rings. The largest absolute Gasteiger partial charge is 0.416 e. The summed E-state index contributed by atoms with van der Waals surface area (Å²) in [5.41, 5.74) is 1.52. The zero-order valence-electron chi connectivity index (χ0n) is 15.5. The highest BCUT2D eigenvalue weighted by Crippen LogP contribution is 2.32.